The molecule has 0 fully saturated rings. The molecular formula is C18H18N2O3S. The molecule has 124 valence electrons. The Morgan fingerprint density at radius 1 is 1.25 bits per heavy atom. The van der Waals surface area contributed by atoms with E-state index in [0.29, 0.717) is 11.4 Å². The molecule has 2 aromatic rings. The van der Waals surface area contributed by atoms with Gasteiger partial charge in [0.1, 0.15) is 5.75 Å². The maximum absolute atomic E-state index is 11.9. The first-order valence-electron chi connectivity index (χ1n) is 7.25. The van der Waals surface area contributed by atoms with E-state index in [1.54, 1.807) is 37.5 Å². The van der Waals surface area contributed by atoms with Gasteiger partial charge in [-0.25, -0.2) is 0 Å². The van der Waals surface area contributed by atoms with Crippen LogP contribution in [0.2, 0.25) is 0 Å². The highest BCUT2D eigenvalue weighted by Gasteiger charge is 2.03. The molecule has 0 spiro atoms. The van der Waals surface area contributed by atoms with Gasteiger partial charge in [-0.05, 0) is 42.1 Å². The number of carbonyl (C=O) groups is 1. The van der Waals surface area contributed by atoms with Gasteiger partial charge in [-0.15, -0.1) is 0 Å². The summed E-state index contributed by atoms with van der Waals surface area (Å²) in [5.74, 6) is 0.333. The Morgan fingerprint density at radius 3 is 2.79 bits per heavy atom. The van der Waals surface area contributed by atoms with Gasteiger partial charge in [0, 0.05) is 17.3 Å². The molecular weight excluding hydrogens is 324 g/mol. The first-order chi connectivity index (χ1) is 11.6. The molecule has 0 bridgehead atoms. The maximum atomic E-state index is 11.9. The topological polar surface area (TPSA) is 70.6 Å². The van der Waals surface area contributed by atoms with Crippen molar-refractivity contribution in [1.29, 1.82) is 0 Å². The molecule has 24 heavy (non-hydrogen) atoms. The van der Waals surface area contributed by atoms with Crippen LogP contribution in [-0.4, -0.2) is 23.2 Å². The van der Waals surface area contributed by atoms with Crippen molar-refractivity contribution in [2.75, 3.05) is 12.4 Å². The minimum Gasteiger partial charge on any atom is -0.496 e. The van der Waals surface area contributed by atoms with Gasteiger partial charge in [0.2, 0.25) is 5.91 Å². The average molecular weight is 342 g/mol. The normalized spacial score (nSPS) is 10.4. The lowest BCUT2D eigenvalue weighted by Gasteiger charge is -2.09. The van der Waals surface area contributed by atoms with Crippen molar-refractivity contribution < 1.29 is 14.6 Å². The van der Waals surface area contributed by atoms with Crippen molar-refractivity contribution in [2.45, 2.75) is 6.61 Å². The van der Waals surface area contributed by atoms with E-state index in [9.17, 15) is 4.79 Å². The standard InChI is InChI=1S/C18H18N2O3S/c1-23-16-8-3-2-6-14(16)9-10-17(22)20-18(24)19-15-7-4-5-13(11-15)12-21/h2-11,21H,12H2,1H3,(H2,19,20,22,24). The second kappa shape index (κ2) is 8.81. The monoisotopic (exact) mass is 342 g/mol. The van der Waals surface area contributed by atoms with Crippen LogP contribution in [0, 0.1) is 0 Å². The van der Waals surface area contributed by atoms with Crippen LogP contribution >= 0.6 is 12.2 Å². The van der Waals surface area contributed by atoms with Crippen LogP contribution in [0.25, 0.3) is 6.08 Å². The van der Waals surface area contributed by atoms with Gasteiger partial charge in [0.25, 0.3) is 0 Å². The molecule has 2 aromatic carbocycles. The van der Waals surface area contributed by atoms with Crippen LogP contribution in [0.5, 0.6) is 5.75 Å². The number of benzene rings is 2. The van der Waals surface area contributed by atoms with Gasteiger partial charge in [-0.3, -0.25) is 10.1 Å². The molecule has 3 N–H and O–H groups in total. The van der Waals surface area contributed by atoms with E-state index in [1.165, 1.54) is 6.08 Å². The Kier molecular flexibility index (Phi) is 6.48. The molecule has 0 saturated heterocycles. The third-order valence-corrected chi connectivity index (χ3v) is 3.36. The van der Waals surface area contributed by atoms with Crippen molar-refractivity contribution in [2.24, 2.45) is 0 Å². The van der Waals surface area contributed by atoms with Crippen molar-refractivity contribution in [1.82, 2.24) is 5.32 Å². The predicted octanol–water partition coefficient (Wildman–Crippen LogP) is 2.71. The summed E-state index contributed by atoms with van der Waals surface area (Å²) in [5, 5.41) is 14.8. The largest absolute Gasteiger partial charge is 0.496 e. The molecule has 2 rings (SSSR count). The van der Waals surface area contributed by atoms with Crippen LogP contribution in [-0.2, 0) is 11.4 Å². The number of nitrogens with one attached hydrogen (secondary N) is 2. The fourth-order valence-electron chi connectivity index (χ4n) is 2.03. The number of para-hydroxylation sites is 1. The molecule has 6 heteroatoms. The number of ether oxygens (including phenoxy) is 1. The number of carbonyl (C=O) groups excluding carboxylic acids is 1. The zero-order chi connectivity index (χ0) is 17.4. The molecule has 0 aromatic heterocycles. The molecule has 0 radical (unpaired) electrons. The van der Waals surface area contributed by atoms with E-state index < -0.39 is 0 Å². The van der Waals surface area contributed by atoms with E-state index in [2.05, 4.69) is 10.6 Å². The van der Waals surface area contributed by atoms with Crippen LogP contribution in [0.15, 0.2) is 54.6 Å². The van der Waals surface area contributed by atoms with Crippen molar-refractivity contribution >= 4 is 35.0 Å². The smallest absolute Gasteiger partial charge is 0.250 e. The van der Waals surface area contributed by atoms with Crippen molar-refractivity contribution in [3.63, 3.8) is 0 Å². The molecule has 0 atom stereocenters. The number of hydrogen-bond donors (Lipinski definition) is 3. The van der Waals surface area contributed by atoms with Crippen LogP contribution in [0.1, 0.15) is 11.1 Å². The summed E-state index contributed by atoms with van der Waals surface area (Å²) in [6.07, 6.45) is 3.04. The quantitative estimate of drug-likeness (QED) is 0.576. The Bertz CT molecular complexity index is 759. The van der Waals surface area contributed by atoms with E-state index in [1.807, 2.05) is 24.3 Å². The summed E-state index contributed by atoms with van der Waals surface area (Å²) < 4.78 is 5.22. The van der Waals surface area contributed by atoms with Crippen LogP contribution < -0.4 is 15.4 Å². The number of anilines is 1. The van der Waals surface area contributed by atoms with Gasteiger partial charge in [0.05, 0.1) is 13.7 Å². The number of hydrogen-bond acceptors (Lipinski definition) is 4. The number of methoxy groups -OCH3 is 1. The lowest BCUT2D eigenvalue weighted by atomic mass is 10.2. The van der Waals surface area contributed by atoms with Crippen LogP contribution in [0.3, 0.4) is 0 Å². The Morgan fingerprint density at radius 2 is 2.04 bits per heavy atom. The highest BCUT2D eigenvalue weighted by Crippen LogP contribution is 2.18. The van der Waals surface area contributed by atoms with E-state index >= 15 is 0 Å². The summed E-state index contributed by atoms with van der Waals surface area (Å²) in [6, 6.07) is 14.5. The van der Waals surface area contributed by atoms with Gasteiger partial charge in [-0.2, -0.15) is 0 Å². The minimum absolute atomic E-state index is 0.0592. The van der Waals surface area contributed by atoms with Crippen LogP contribution in [0.4, 0.5) is 5.69 Å². The lowest BCUT2D eigenvalue weighted by molar-refractivity contribution is -0.115. The second-order valence-electron chi connectivity index (χ2n) is 4.88. The minimum atomic E-state index is -0.350. The zero-order valence-corrected chi connectivity index (χ0v) is 14.0. The summed E-state index contributed by atoms with van der Waals surface area (Å²) in [6.45, 7) is -0.0592. The number of rotatable bonds is 5. The first-order valence-corrected chi connectivity index (χ1v) is 7.66. The molecule has 5 nitrogen and oxygen atoms in total. The second-order valence-corrected chi connectivity index (χ2v) is 5.29. The summed E-state index contributed by atoms with van der Waals surface area (Å²) in [7, 11) is 1.58. The van der Waals surface area contributed by atoms with Crippen molar-refractivity contribution in [3.8, 4) is 5.75 Å². The average Bonchev–Trinajstić information content (AvgIpc) is 2.60. The highest BCUT2D eigenvalue weighted by atomic mass is 32.1. The molecule has 0 unspecified atom stereocenters. The summed E-state index contributed by atoms with van der Waals surface area (Å²) >= 11 is 5.11. The Balaban J connectivity index is 1.94. The highest BCUT2D eigenvalue weighted by molar-refractivity contribution is 7.80. The molecule has 0 heterocycles. The fraction of sp³-hybridized carbons (Fsp3) is 0.111. The zero-order valence-electron chi connectivity index (χ0n) is 13.2. The van der Waals surface area contributed by atoms with Gasteiger partial charge < -0.3 is 15.2 Å². The number of thiocarbonyl (C=S) groups is 1. The SMILES string of the molecule is COc1ccccc1C=CC(=O)NC(=S)Nc1cccc(CO)c1. The van der Waals surface area contributed by atoms with Crippen molar-refractivity contribution in [3.05, 3.63) is 65.7 Å². The Hall–Kier alpha value is -2.70. The van der Waals surface area contributed by atoms with E-state index in [-0.39, 0.29) is 17.6 Å². The molecule has 1 amide bonds. The third-order valence-electron chi connectivity index (χ3n) is 3.16. The number of amides is 1. The lowest BCUT2D eigenvalue weighted by Crippen LogP contribution is -2.32. The van der Waals surface area contributed by atoms with Gasteiger partial charge in [0.15, 0.2) is 5.11 Å². The molecule has 0 aliphatic rings. The fourth-order valence-corrected chi connectivity index (χ4v) is 2.25. The van der Waals surface area contributed by atoms with Gasteiger partial charge in [-0.1, -0.05) is 30.3 Å². The first kappa shape index (κ1) is 17.7. The number of aliphatic hydroxyl groups excluding tert-OH is 1. The molecule has 0 saturated carbocycles. The number of aliphatic hydroxyl groups is 1. The predicted molar refractivity (Wildman–Crippen MR) is 98.8 cm³/mol. The van der Waals surface area contributed by atoms with E-state index in [0.717, 1.165) is 11.1 Å². The summed E-state index contributed by atoms with van der Waals surface area (Å²) in [5.41, 5.74) is 2.25. The summed E-state index contributed by atoms with van der Waals surface area (Å²) in [4.78, 5) is 11.9. The Labute approximate surface area is 146 Å². The third kappa shape index (κ3) is 5.19. The molecule has 0 aliphatic heterocycles. The van der Waals surface area contributed by atoms with E-state index in [4.69, 9.17) is 22.1 Å². The molecule has 0 aliphatic carbocycles. The van der Waals surface area contributed by atoms with Gasteiger partial charge >= 0.3 is 0 Å². The maximum Gasteiger partial charge on any atom is 0.250 e.